The Kier molecular flexibility index (Phi) is 6.17. The van der Waals surface area contributed by atoms with Crippen LogP contribution in [0.1, 0.15) is 44.9 Å². The van der Waals surface area contributed by atoms with Gasteiger partial charge in [0.1, 0.15) is 5.82 Å². The number of carbonyl (C=O) groups is 1. The van der Waals surface area contributed by atoms with Gasteiger partial charge in [0.25, 0.3) is 5.91 Å². The summed E-state index contributed by atoms with van der Waals surface area (Å²) in [6.45, 7) is 7.55. The third-order valence-electron chi connectivity index (χ3n) is 5.68. The predicted octanol–water partition coefficient (Wildman–Crippen LogP) is 5.37. The maximum Gasteiger partial charge on any atom is 0.251 e. The lowest BCUT2D eigenvalue weighted by Crippen LogP contribution is -2.25. The lowest BCUT2D eigenvalue weighted by molar-refractivity contribution is 0.0952. The van der Waals surface area contributed by atoms with Crippen LogP contribution >= 0.6 is 0 Å². The van der Waals surface area contributed by atoms with Crippen LogP contribution in [0.25, 0.3) is 11.0 Å². The zero-order chi connectivity index (χ0) is 21.8. The molecule has 0 aliphatic carbocycles. The molecule has 4 nitrogen and oxygen atoms in total. The average molecular weight is 412 g/mol. The molecule has 1 N–H and O–H groups in total. The molecule has 158 valence electrons. The highest BCUT2D eigenvalue weighted by Crippen LogP contribution is 2.19. The summed E-state index contributed by atoms with van der Waals surface area (Å²) in [5.74, 6) is 1.05. The molecule has 4 heteroatoms. The second-order valence-corrected chi connectivity index (χ2v) is 8.27. The van der Waals surface area contributed by atoms with E-state index in [0.29, 0.717) is 6.54 Å². The Morgan fingerprint density at radius 1 is 0.935 bits per heavy atom. The van der Waals surface area contributed by atoms with Crippen LogP contribution in [0, 0.1) is 20.8 Å². The van der Waals surface area contributed by atoms with E-state index >= 15 is 0 Å². The summed E-state index contributed by atoms with van der Waals surface area (Å²) in [6.07, 6.45) is 1.65. The molecule has 0 fully saturated rings. The molecule has 0 spiro atoms. The van der Waals surface area contributed by atoms with E-state index in [-0.39, 0.29) is 5.91 Å². The number of aryl methyl sites for hydroxylation is 4. The van der Waals surface area contributed by atoms with Crippen molar-refractivity contribution in [3.63, 3.8) is 0 Å². The van der Waals surface area contributed by atoms with Gasteiger partial charge in [-0.3, -0.25) is 4.79 Å². The van der Waals surface area contributed by atoms with Gasteiger partial charge in [-0.1, -0.05) is 59.7 Å². The molecule has 0 bridgehead atoms. The molecular formula is C27H29N3O. The number of fused-ring (bicyclic) bond motifs is 1. The number of carbonyl (C=O) groups excluding carboxylic acids is 1. The molecule has 0 saturated heterocycles. The first-order chi connectivity index (χ1) is 15.0. The van der Waals surface area contributed by atoms with Crippen LogP contribution in [0.15, 0.2) is 66.7 Å². The van der Waals surface area contributed by atoms with E-state index < -0.39 is 0 Å². The first-order valence-electron chi connectivity index (χ1n) is 10.9. The first kappa shape index (κ1) is 20.9. The number of para-hydroxylation sites is 2. The van der Waals surface area contributed by atoms with E-state index in [2.05, 4.69) is 59.3 Å². The number of hydrogen-bond acceptors (Lipinski definition) is 2. The average Bonchev–Trinajstić information content (AvgIpc) is 3.10. The number of benzene rings is 3. The molecule has 0 aliphatic heterocycles. The fourth-order valence-corrected chi connectivity index (χ4v) is 3.98. The first-order valence-corrected chi connectivity index (χ1v) is 10.9. The van der Waals surface area contributed by atoms with Crippen molar-refractivity contribution in [3.05, 3.63) is 100 Å². The SMILES string of the molecule is Cc1ccc(Cn2c(CCCNC(=O)c3ccc(C)cc3C)nc3ccccc32)cc1. The van der Waals surface area contributed by atoms with Gasteiger partial charge < -0.3 is 9.88 Å². The molecule has 31 heavy (non-hydrogen) atoms. The van der Waals surface area contributed by atoms with Crippen LogP contribution in [-0.4, -0.2) is 22.0 Å². The zero-order valence-corrected chi connectivity index (χ0v) is 18.5. The number of nitrogens with one attached hydrogen (secondary N) is 1. The smallest absolute Gasteiger partial charge is 0.251 e. The van der Waals surface area contributed by atoms with E-state index in [1.54, 1.807) is 0 Å². The number of imidazole rings is 1. The third kappa shape index (κ3) is 4.85. The van der Waals surface area contributed by atoms with Gasteiger partial charge in [-0.2, -0.15) is 0 Å². The van der Waals surface area contributed by atoms with Crippen LogP contribution < -0.4 is 5.32 Å². The van der Waals surface area contributed by atoms with Gasteiger partial charge in [-0.05, 0) is 56.5 Å². The van der Waals surface area contributed by atoms with Gasteiger partial charge in [-0.15, -0.1) is 0 Å². The molecule has 1 amide bonds. The molecule has 4 aromatic rings. The third-order valence-corrected chi connectivity index (χ3v) is 5.68. The minimum atomic E-state index is -0.00865. The number of amides is 1. The Morgan fingerprint density at radius 3 is 2.45 bits per heavy atom. The van der Waals surface area contributed by atoms with Gasteiger partial charge in [0.05, 0.1) is 11.0 Å². The van der Waals surface area contributed by atoms with Crippen LogP contribution in [0.3, 0.4) is 0 Å². The molecule has 0 atom stereocenters. The van der Waals surface area contributed by atoms with Crippen molar-refractivity contribution in [3.8, 4) is 0 Å². The second-order valence-electron chi connectivity index (χ2n) is 8.27. The summed E-state index contributed by atoms with van der Waals surface area (Å²) in [5.41, 5.74) is 7.62. The lowest BCUT2D eigenvalue weighted by atomic mass is 10.1. The Balaban J connectivity index is 1.44. The number of rotatable bonds is 7. The molecule has 0 aliphatic rings. The van der Waals surface area contributed by atoms with Crippen LogP contribution in [-0.2, 0) is 13.0 Å². The van der Waals surface area contributed by atoms with E-state index in [1.807, 2.05) is 38.1 Å². The predicted molar refractivity (Wildman–Crippen MR) is 127 cm³/mol. The van der Waals surface area contributed by atoms with Gasteiger partial charge in [0.15, 0.2) is 0 Å². The number of hydrogen-bond donors (Lipinski definition) is 1. The maximum absolute atomic E-state index is 12.5. The topological polar surface area (TPSA) is 46.9 Å². The number of aromatic nitrogens is 2. The van der Waals surface area contributed by atoms with E-state index in [4.69, 9.17) is 4.98 Å². The Bertz CT molecular complexity index is 1210. The minimum absolute atomic E-state index is 0.00865. The van der Waals surface area contributed by atoms with Crippen molar-refractivity contribution in [2.24, 2.45) is 0 Å². The molecule has 0 saturated carbocycles. The summed E-state index contributed by atoms with van der Waals surface area (Å²) in [5, 5.41) is 3.06. The highest BCUT2D eigenvalue weighted by molar-refractivity contribution is 5.95. The highest BCUT2D eigenvalue weighted by Gasteiger charge is 2.12. The van der Waals surface area contributed by atoms with Crippen LogP contribution in [0.5, 0.6) is 0 Å². The molecule has 0 unspecified atom stereocenters. The molecule has 3 aromatic carbocycles. The van der Waals surface area contributed by atoms with Crippen LogP contribution in [0.4, 0.5) is 0 Å². The van der Waals surface area contributed by atoms with Crippen molar-refractivity contribution in [1.29, 1.82) is 0 Å². The van der Waals surface area contributed by atoms with Crippen molar-refractivity contribution in [2.75, 3.05) is 6.54 Å². The normalized spacial score (nSPS) is 11.1. The fourth-order valence-electron chi connectivity index (χ4n) is 3.98. The zero-order valence-electron chi connectivity index (χ0n) is 18.5. The summed E-state index contributed by atoms with van der Waals surface area (Å²) in [4.78, 5) is 17.4. The summed E-state index contributed by atoms with van der Waals surface area (Å²) < 4.78 is 2.30. The molecule has 1 aromatic heterocycles. The Hall–Kier alpha value is -3.40. The van der Waals surface area contributed by atoms with E-state index in [1.165, 1.54) is 16.7 Å². The molecular weight excluding hydrogens is 382 g/mol. The van der Waals surface area contributed by atoms with E-state index in [9.17, 15) is 4.79 Å². The number of nitrogens with zero attached hydrogens (tertiary/aromatic N) is 2. The minimum Gasteiger partial charge on any atom is -0.352 e. The van der Waals surface area contributed by atoms with Crippen molar-refractivity contribution in [2.45, 2.75) is 40.2 Å². The van der Waals surface area contributed by atoms with E-state index in [0.717, 1.165) is 47.4 Å². The van der Waals surface area contributed by atoms with Crippen molar-refractivity contribution < 1.29 is 4.79 Å². The standard InChI is InChI=1S/C27H29N3O/c1-19-10-13-22(14-11-19)18-30-25-8-5-4-7-24(25)29-26(30)9-6-16-28-27(31)23-15-12-20(2)17-21(23)3/h4-5,7-8,10-15,17H,6,9,16,18H2,1-3H3,(H,28,31). The molecule has 1 heterocycles. The van der Waals surface area contributed by atoms with Crippen molar-refractivity contribution in [1.82, 2.24) is 14.9 Å². The van der Waals surface area contributed by atoms with Gasteiger partial charge in [0, 0.05) is 25.1 Å². The molecule has 4 rings (SSSR count). The Labute approximate surface area is 183 Å². The highest BCUT2D eigenvalue weighted by atomic mass is 16.1. The summed E-state index contributed by atoms with van der Waals surface area (Å²) >= 11 is 0. The Morgan fingerprint density at radius 2 is 1.68 bits per heavy atom. The molecule has 0 radical (unpaired) electrons. The maximum atomic E-state index is 12.5. The van der Waals surface area contributed by atoms with Crippen LogP contribution in [0.2, 0.25) is 0 Å². The summed E-state index contributed by atoms with van der Waals surface area (Å²) in [7, 11) is 0. The summed E-state index contributed by atoms with van der Waals surface area (Å²) in [6, 6.07) is 22.9. The van der Waals surface area contributed by atoms with Gasteiger partial charge in [-0.25, -0.2) is 4.98 Å². The largest absolute Gasteiger partial charge is 0.352 e. The van der Waals surface area contributed by atoms with Crippen molar-refractivity contribution >= 4 is 16.9 Å². The second kappa shape index (κ2) is 9.17. The monoisotopic (exact) mass is 411 g/mol. The lowest BCUT2D eigenvalue weighted by Gasteiger charge is -2.11. The fraction of sp³-hybridized carbons (Fsp3) is 0.259. The van der Waals surface area contributed by atoms with Gasteiger partial charge >= 0.3 is 0 Å². The quantitative estimate of drug-likeness (QED) is 0.416. The van der Waals surface area contributed by atoms with Gasteiger partial charge in [0.2, 0.25) is 0 Å².